The molecular formula is C10H20O4. The first-order valence-electron chi connectivity index (χ1n) is 4.51. The molecule has 0 saturated carbocycles. The van der Waals surface area contributed by atoms with Gasteiger partial charge in [0, 0.05) is 27.1 Å². The van der Waals surface area contributed by atoms with Gasteiger partial charge in [-0.25, -0.2) is 0 Å². The highest BCUT2D eigenvalue weighted by Gasteiger charge is 1.95. The van der Waals surface area contributed by atoms with E-state index >= 15 is 0 Å². The molecule has 4 nitrogen and oxygen atoms in total. The van der Waals surface area contributed by atoms with Crippen LogP contribution in [0.5, 0.6) is 0 Å². The van der Waals surface area contributed by atoms with E-state index in [2.05, 4.69) is 9.47 Å². The van der Waals surface area contributed by atoms with Gasteiger partial charge in [0.25, 0.3) is 0 Å². The van der Waals surface area contributed by atoms with E-state index in [0.717, 1.165) is 0 Å². The van der Waals surface area contributed by atoms with E-state index in [1.54, 1.807) is 14.2 Å². The van der Waals surface area contributed by atoms with Crippen LogP contribution in [-0.2, 0) is 19.1 Å². The standard InChI is InChI=1S/C6H10O2.C4H10O2/c1-5(7)3-4-6(2)8;1-5-3-4-6-2/h3-4H2,1-2H3;3-4H2,1-2H3. The van der Waals surface area contributed by atoms with Crippen molar-refractivity contribution in [3.63, 3.8) is 0 Å². The van der Waals surface area contributed by atoms with Crippen molar-refractivity contribution in [1.82, 2.24) is 0 Å². The van der Waals surface area contributed by atoms with E-state index in [9.17, 15) is 9.59 Å². The van der Waals surface area contributed by atoms with Gasteiger partial charge in [-0.05, 0) is 13.8 Å². The van der Waals surface area contributed by atoms with Crippen molar-refractivity contribution in [2.45, 2.75) is 26.7 Å². The summed E-state index contributed by atoms with van der Waals surface area (Å²) in [5.74, 6) is 0.167. The van der Waals surface area contributed by atoms with Crippen LogP contribution in [0.2, 0.25) is 0 Å². The average Bonchev–Trinajstić information content (AvgIpc) is 2.12. The van der Waals surface area contributed by atoms with Gasteiger partial charge in [-0.15, -0.1) is 0 Å². The number of carbonyl (C=O) groups excluding carboxylic acids is 2. The third-order valence-corrected chi connectivity index (χ3v) is 1.32. The first-order valence-corrected chi connectivity index (χ1v) is 4.51. The van der Waals surface area contributed by atoms with Gasteiger partial charge < -0.3 is 19.1 Å². The summed E-state index contributed by atoms with van der Waals surface area (Å²) < 4.78 is 9.31. The molecule has 0 aromatic rings. The lowest BCUT2D eigenvalue weighted by Gasteiger charge is -1.91. The van der Waals surface area contributed by atoms with Gasteiger partial charge in [0.05, 0.1) is 13.2 Å². The molecule has 0 spiro atoms. The quantitative estimate of drug-likeness (QED) is 0.610. The second-order valence-corrected chi connectivity index (χ2v) is 2.89. The summed E-state index contributed by atoms with van der Waals surface area (Å²) in [5, 5.41) is 0. The Balaban J connectivity index is 0. The van der Waals surface area contributed by atoms with Gasteiger partial charge in [-0.3, -0.25) is 0 Å². The molecule has 0 heterocycles. The Kier molecular flexibility index (Phi) is 13.8. The van der Waals surface area contributed by atoms with Gasteiger partial charge in [0.1, 0.15) is 11.6 Å². The van der Waals surface area contributed by atoms with Crippen molar-refractivity contribution in [1.29, 1.82) is 0 Å². The van der Waals surface area contributed by atoms with Crippen LogP contribution in [0.4, 0.5) is 0 Å². The molecule has 0 saturated heterocycles. The first kappa shape index (κ1) is 15.7. The molecule has 0 aromatic carbocycles. The molecule has 0 atom stereocenters. The molecule has 0 bridgehead atoms. The smallest absolute Gasteiger partial charge is 0.130 e. The molecule has 0 aliphatic heterocycles. The van der Waals surface area contributed by atoms with Crippen molar-refractivity contribution >= 4 is 11.6 Å². The lowest BCUT2D eigenvalue weighted by molar-refractivity contribution is -0.122. The fraction of sp³-hybridized carbons (Fsp3) is 0.800. The molecule has 0 radical (unpaired) electrons. The van der Waals surface area contributed by atoms with Crippen LogP contribution in [0.25, 0.3) is 0 Å². The van der Waals surface area contributed by atoms with E-state index in [0.29, 0.717) is 26.1 Å². The Hall–Kier alpha value is -0.740. The summed E-state index contributed by atoms with van der Waals surface area (Å²) in [5.41, 5.74) is 0. The first-order chi connectivity index (χ1) is 6.54. The van der Waals surface area contributed by atoms with Gasteiger partial charge in [0.15, 0.2) is 0 Å². The minimum absolute atomic E-state index is 0.0835. The topological polar surface area (TPSA) is 52.6 Å². The second-order valence-electron chi connectivity index (χ2n) is 2.89. The second kappa shape index (κ2) is 12.3. The van der Waals surface area contributed by atoms with Crippen LogP contribution in [-0.4, -0.2) is 39.0 Å². The number of hydrogen-bond acceptors (Lipinski definition) is 4. The fourth-order valence-corrected chi connectivity index (χ4v) is 0.519. The molecule has 4 heteroatoms. The van der Waals surface area contributed by atoms with Crippen LogP contribution in [0, 0.1) is 0 Å². The van der Waals surface area contributed by atoms with Crippen LogP contribution >= 0.6 is 0 Å². The molecule has 0 N–H and O–H groups in total. The Morgan fingerprint density at radius 3 is 1.29 bits per heavy atom. The van der Waals surface area contributed by atoms with E-state index in [4.69, 9.17) is 0 Å². The van der Waals surface area contributed by atoms with E-state index < -0.39 is 0 Å². The van der Waals surface area contributed by atoms with Gasteiger partial charge in [-0.2, -0.15) is 0 Å². The summed E-state index contributed by atoms with van der Waals surface area (Å²) >= 11 is 0. The highest BCUT2D eigenvalue weighted by atomic mass is 16.5. The SMILES string of the molecule is CC(=O)CCC(C)=O.COCCOC. The predicted octanol–water partition coefficient (Wildman–Crippen LogP) is 1.22. The van der Waals surface area contributed by atoms with Crippen LogP contribution in [0.15, 0.2) is 0 Å². The van der Waals surface area contributed by atoms with Crippen LogP contribution < -0.4 is 0 Å². The van der Waals surface area contributed by atoms with Gasteiger partial charge >= 0.3 is 0 Å². The molecule has 84 valence electrons. The Bertz CT molecular complexity index is 136. The molecule has 0 rings (SSSR count). The van der Waals surface area contributed by atoms with Crippen molar-refractivity contribution in [3.05, 3.63) is 0 Å². The highest BCUT2D eigenvalue weighted by molar-refractivity contribution is 5.83. The summed E-state index contributed by atoms with van der Waals surface area (Å²) in [7, 11) is 3.30. The fourth-order valence-electron chi connectivity index (χ4n) is 0.519. The van der Waals surface area contributed by atoms with Crippen molar-refractivity contribution in [2.75, 3.05) is 27.4 Å². The minimum atomic E-state index is 0.0835. The van der Waals surface area contributed by atoms with E-state index in [1.807, 2.05) is 0 Å². The zero-order valence-corrected chi connectivity index (χ0v) is 9.46. The van der Waals surface area contributed by atoms with Gasteiger partial charge in [0.2, 0.25) is 0 Å². The zero-order chi connectivity index (χ0) is 11.4. The number of ether oxygens (including phenoxy) is 2. The molecule has 14 heavy (non-hydrogen) atoms. The third kappa shape index (κ3) is 22.5. The van der Waals surface area contributed by atoms with Crippen molar-refractivity contribution < 1.29 is 19.1 Å². The average molecular weight is 204 g/mol. The normalized spacial score (nSPS) is 8.86. The van der Waals surface area contributed by atoms with E-state index in [-0.39, 0.29) is 11.6 Å². The Morgan fingerprint density at radius 1 is 0.857 bits per heavy atom. The molecule has 0 aliphatic carbocycles. The largest absolute Gasteiger partial charge is 0.382 e. The maximum absolute atomic E-state index is 10.2. The van der Waals surface area contributed by atoms with Gasteiger partial charge in [-0.1, -0.05) is 0 Å². The lowest BCUT2D eigenvalue weighted by atomic mass is 10.2. The predicted molar refractivity (Wildman–Crippen MR) is 54.3 cm³/mol. The molecule has 0 aliphatic rings. The minimum Gasteiger partial charge on any atom is -0.382 e. The molecule has 0 fully saturated rings. The molecule has 0 unspecified atom stereocenters. The third-order valence-electron chi connectivity index (χ3n) is 1.32. The summed E-state index contributed by atoms with van der Waals surface area (Å²) in [6.07, 6.45) is 0.796. The number of ketones is 2. The van der Waals surface area contributed by atoms with Crippen molar-refractivity contribution in [2.24, 2.45) is 0 Å². The number of Topliss-reactive ketones (excluding diaryl/α,β-unsaturated/α-hetero) is 2. The number of carbonyl (C=O) groups is 2. The molecule has 0 aromatic heterocycles. The number of hydrogen-bond donors (Lipinski definition) is 0. The summed E-state index contributed by atoms with van der Waals surface area (Å²) in [4.78, 5) is 20.4. The number of methoxy groups -OCH3 is 2. The maximum Gasteiger partial charge on any atom is 0.130 e. The van der Waals surface area contributed by atoms with Crippen molar-refractivity contribution in [3.8, 4) is 0 Å². The maximum atomic E-state index is 10.2. The monoisotopic (exact) mass is 204 g/mol. The van der Waals surface area contributed by atoms with Crippen LogP contribution in [0.3, 0.4) is 0 Å². The number of rotatable bonds is 6. The highest BCUT2D eigenvalue weighted by Crippen LogP contribution is 1.89. The zero-order valence-electron chi connectivity index (χ0n) is 9.46. The molecular weight excluding hydrogens is 184 g/mol. The summed E-state index contributed by atoms with van der Waals surface area (Å²) in [6, 6.07) is 0. The summed E-state index contributed by atoms with van der Waals surface area (Å²) in [6.45, 7) is 4.36. The van der Waals surface area contributed by atoms with E-state index in [1.165, 1.54) is 13.8 Å². The lowest BCUT2D eigenvalue weighted by Crippen LogP contribution is -1.96. The Morgan fingerprint density at radius 2 is 1.14 bits per heavy atom. The molecule has 0 amide bonds. The van der Waals surface area contributed by atoms with Crippen LogP contribution in [0.1, 0.15) is 26.7 Å². The Labute approximate surface area is 85.6 Å².